The van der Waals surface area contributed by atoms with Crippen LogP contribution in [0.1, 0.15) is 10.5 Å². The predicted molar refractivity (Wildman–Crippen MR) is 89.6 cm³/mol. The second-order valence-corrected chi connectivity index (χ2v) is 6.37. The third kappa shape index (κ3) is 3.14. The number of aromatic amines is 1. The lowest BCUT2D eigenvalue weighted by Gasteiger charge is -2.32. The van der Waals surface area contributed by atoms with Gasteiger partial charge in [-0.2, -0.15) is 0 Å². The number of halogens is 2. The molecule has 1 aliphatic rings. The van der Waals surface area contributed by atoms with Gasteiger partial charge in [-0.3, -0.25) is 4.79 Å². The summed E-state index contributed by atoms with van der Waals surface area (Å²) in [5.41, 5.74) is 2.34. The van der Waals surface area contributed by atoms with E-state index in [1.165, 1.54) is 0 Å². The van der Waals surface area contributed by atoms with Crippen molar-refractivity contribution >= 4 is 29.1 Å². The smallest absolute Gasteiger partial charge is 0.270 e. The molecule has 0 spiro atoms. The van der Waals surface area contributed by atoms with Crippen LogP contribution in [-0.2, 0) is 0 Å². The lowest BCUT2D eigenvalue weighted by Crippen LogP contribution is -2.47. The van der Waals surface area contributed by atoms with Gasteiger partial charge in [0.05, 0.1) is 0 Å². The van der Waals surface area contributed by atoms with Crippen molar-refractivity contribution in [1.29, 1.82) is 0 Å². The largest absolute Gasteiger partial charge is 0.357 e. The fourth-order valence-electron chi connectivity index (χ4n) is 2.58. The van der Waals surface area contributed by atoms with E-state index in [4.69, 9.17) is 23.2 Å². The summed E-state index contributed by atoms with van der Waals surface area (Å²) < 4.78 is 0. The number of aromatic nitrogens is 1. The van der Waals surface area contributed by atoms with Crippen molar-refractivity contribution in [3.8, 4) is 11.1 Å². The molecule has 2 aromatic rings. The highest BCUT2D eigenvalue weighted by atomic mass is 35.5. The molecule has 0 radical (unpaired) electrons. The molecule has 0 aliphatic carbocycles. The molecule has 6 heteroatoms. The Balaban J connectivity index is 1.80. The van der Waals surface area contributed by atoms with Crippen LogP contribution in [0.25, 0.3) is 11.1 Å². The first-order chi connectivity index (χ1) is 10.5. The Morgan fingerprint density at radius 2 is 1.86 bits per heavy atom. The number of H-pyrrole nitrogens is 1. The van der Waals surface area contributed by atoms with Crippen LogP contribution in [-0.4, -0.2) is 53.9 Å². The van der Waals surface area contributed by atoms with Gasteiger partial charge in [-0.1, -0.05) is 29.3 Å². The van der Waals surface area contributed by atoms with Gasteiger partial charge >= 0.3 is 0 Å². The van der Waals surface area contributed by atoms with E-state index in [9.17, 15) is 4.79 Å². The van der Waals surface area contributed by atoms with Gasteiger partial charge in [-0.25, -0.2) is 0 Å². The zero-order valence-electron chi connectivity index (χ0n) is 12.3. The summed E-state index contributed by atoms with van der Waals surface area (Å²) in [6, 6.07) is 7.19. The third-order valence-electron chi connectivity index (χ3n) is 3.95. The maximum Gasteiger partial charge on any atom is 0.270 e. The highest BCUT2D eigenvalue weighted by Gasteiger charge is 2.21. The highest BCUT2D eigenvalue weighted by Crippen LogP contribution is 2.30. The van der Waals surface area contributed by atoms with Crippen LogP contribution < -0.4 is 0 Å². The molecule has 2 heterocycles. The van der Waals surface area contributed by atoms with E-state index < -0.39 is 0 Å². The monoisotopic (exact) mass is 337 g/mol. The first-order valence-electron chi connectivity index (χ1n) is 7.16. The summed E-state index contributed by atoms with van der Waals surface area (Å²) in [6.45, 7) is 3.32. The van der Waals surface area contributed by atoms with Crippen molar-refractivity contribution < 1.29 is 4.79 Å². The van der Waals surface area contributed by atoms with Gasteiger partial charge in [-0.15, -0.1) is 0 Å². The minimum absolute atomic E-state index is 0.0319. The van der Waals surface area contributed by atoms with E-state index in [0.29, 0.717) is 15.7 Å². The van der Waals surface area contributed by atoms with E-state index in [1.54, 1.807) is 18.3 Å². The molecule has 1 amide bonds. The molecule has 1 N–H and O–H groups in total. The van der Waals surface area contributed by atoms with E-state index in [2.05, 4.69) is 16.9 Å². The predicted octanol–water partition coefficient (Wildman–Crippen LogP) is 3.38. The lowest BCUT2D eigenvalue weighted by molar-refractivity contribution is 0.0659. The molecule has 1 saturated heterocycles. The number of nitrogens with zero attached hydrogens (tertiary/aromatic N) is 2. The number of rotatable bonds is 2. The number of amides is 1. The van der Waals surface area contributed by atoms with Crippen molar-refractivity contribution in [1.82, 2.24) is 14.8 Å². The van der Waals surface area contributed by atoms with Gasteiger partial charge < -0.3 is 14.8 Å². The number of nitrogens with one attached hydrogen (secondary N) is 1. The highest BCUT2D eigenvalue weighted by molar-refractivity contribution is 6.36. The number of piperazine rings is 1. The zero-order chi connectivity index (χ0) is 15.7. The molecular weight excluding hydrogens is 321 g/mol. The summed E-state index contributed by atoms with van der Waals surface area (Å²) in [5, 5.41) is 1.17. The van der Waals surface area contributed by atoms with Crippen LogP contribution >= 0.6 is 23.2 Å². The quantitative estimate of drug-likeness (QED) is 0.912. The molecule has 0 atom stereocenters. The Kier molecular flexibility index (Phi) is 4.43. The van der Waals surface area contributed by atoms with Gasteiger partial charge in [0.2, 0.25) is 0 Å². The molecule has 0 unspecified atom stereocenters. The van der Waals surface area contributed by atoms with E-state index >= 15 is 0 Å². The number of hydrogen-bond donors (Lipinski definition) is 1. The number of carbonyl (C=O) groups is 1. The van der Waals surface area contributed by atoms with Crippen LogP contribution in [0.5, 0.6) is 0 Å². The summed E-state index contributed by atoms with van der Waals surface area (Å²) in [7, 11) is 2.07. The number of benzene rings is 1. The van der Waals surface area contributed by atoms with Crippen LogP contribution in [0, 0.1) is 0 Å². The van der Waals surface area contributed by atoms with Crippen molar-refractivity contribution in [3.63, 3.8) is 0 Å². The SMILES string of the molecule is CN1CCN(C(=O)c2cc(-c3ccc(Cl)cc3Cl)c[nH]2)CC1. The first-order valence-corrected chi connectivity index (χ1v) is 7.92. The average Bonchev–Trinajstić information content (AvgIpc) is 2.97. The molecule has 22 heavy (non-hydrogen) atoms. The summed E-state index contributed by atoms with van der Waals surface area (Å²) in [4.78, 5) is 19.7. The van der Waals surface area contributed by atoms with Crippen molar-refractivity contribution in [2.24, 2.45) is 0 Å². The fraction of sp³-hybridized carbons (Fsp3) is 0.312. The summed E-state index contributed by atoms with van der Waals surface area (Å²) >= 11 is 12.1. The Bertz CT molecular complexity index is 690. The number of hydrogen-bond acceptors (Lipinski definition) is 2. The third-order valence-corrected chi connectivity index (χ3v) is 4.49. The van der Waals surface area contributed by atoms with Crippen LogP contribution in [0.2, 0.25) is 10.0 Å². The Hall–Kier alpha value is -1.49. The van der Waals surface area contributed by atoms with Crippen LogP contribution in [0.4, 0.5) is 0 Å². The zero-order valence-corrected chi connectivity index (χ0v) is 13.8. The molecule has 1 aliphatic heterocycles. The van der Waals surface area contributed by atoms with Gasteiger partial charge in [0.15, 0.2) is 0 Å². The Morgan fingerprint density at radius 3 is 2.55 bits per heavy atom. The Morgan fingerprint density at radius 1 is 1.14 bits per heavy atom. The molecular formula is C16H17Cl2N3O. The molecule has 116 valence electrons. The molecule has 1 aromatic carbocycles. The van der Waals surface area contributed by atoms with E-state index in [1.807, 2.05) is 17.0 Å². The van der Waals surface area contributed by atoms with E-state index in [-0.39, 0.29) is 5.91 Å². The van der Waals surface area contributed by atoms with Gasteiger partial charge in [0, 0.05) is 53.5 Å². The molecule has 4 nitrogen and oxygen atoms in total. The van der Waals surface area contributed by atoms with Crippen molar-refractivity contribution in [2.45, 2.75) is 0 Å². The minimum atomic E-state index is 0.0319. The molecule has 1 fully saturated rings. The Labute approximate surface area is 139 Å². The first kappa shape index (κ1) is 15.4. The van der Waals surface area contributed by atoms with Crippen molar-refractivity contribution in [2.75, 3.05) is 33.2 Å². The number of carbonyl (C=O) groups excluding carboxylic acids is 1. The van der Waals surface area contributed by atoms with Gasteiger partial charge in [-0.05, 0) is 25.2 Å². The minimum Gasteiger partial charge on any atom is -0.357 e. The fourth-order valence-corrected chi connectivity index (χ4v) is 3.09. The lowest BCUT2D eigenvalue weighted by atomic mass is 10.1. The average molecular weight is 338 g/mol. The second kappa shape index (κ2) is 6.32. The van der Waals surface area contributed by atoms with E-state index in [0.717, 1.165) is 37.3 Å². The normalized spacial score (nSPS) is 16.0. The van der Waals surface area contributed by atoms with Crippen molar-refractivity contribution in [3.05, 3.63) is 46.2 Å². The molecule has 0 saturated carbocycles. The second-order valence-electron chi connectivity index (χ2n) is 5.52. The maximum absolute atomic E-state index is 12.5. The molecule has 3 rings (SSSR count). The maximum atomic E-state index is 12.5. The van der Waals surface area contributed by atoms with Gasteiger partial charge in [0.25, 0.3) is 5.91 Å². The van der Waals surface area contributed by atoms with Crippen LogP contribution in [0.3, 0.4) is 0 Å². The van der Waals surface area contributed by atoms with Crippen LogP contribution in [0.15, 0.2) is 30.5 Å². The molecule has 0 bridgehead atoms. The standard InChI is InChI=1S/C16H17Cl2N3O/c1-20-4-6-21(7-5-20)16(22)15-8-11(10-19-15)13-3-2-12(17)9-14(13)18/h2-3,8-10,19H,4-7H2,1H3. The number of likely N-dealkylation sites (N-methyl/N-ethyl adjacent to an activating group) is 1. The van der Waals surface area contributed by atoms with Gasteiger partial charge in [0.1, 0.15) is 5.69 Å². The topological polar surface area (TPSA) is 39.3 Å². The summed E-state index contributed by atoms with van der Waals surface area (Å²) in [6.07, 6.45) is 1.80. The molecule has 1 aromatic heterocycles. The summed E-state index contributed by atoms with van der Waals surface area (Å²) in [5.74, 6) is 0.0319.